The van der Waals surface area contributed by atoms with Gasteiger partial charge >= 0.3 is 0 Å². The maximum Gasteiger partial charge on any atom is 0.00388 e. The Kier molecular flexibility index (Phi) is 12.4. The van der Waals surface area contributed by atoms with Crippen molar-refractivity contribution in [1.82, 2.24) is 0 Å². The number of hydrogen-bond acceptors (Lipinski definition) is 1. The van der Waals surface area contributed by atoms with Gasteiger partial charge in [0.2, 0.25) is 0 Å². The quantitative estimate of drug-likeness (QED) is 0.462. The van der Waals surface area contributed by atoms with Crippen LogP contribution in [0.15, 0.2) is 0 Å². The molecular weight excluding hydrogens is 206 g/mol. The van der Waals surface area contributed by atoms with Gasteiger partial charge in [0.15, 0.2) is 0 Å². The summed E-state index contributed by atoms with van der Waals surface area (Å²) in [6, 6.07) is 0.462. The SMILES string of the molecule is CCCCCCCCCC(N)CCCC(C)C. The van der Waals surface area contributed by atoms with Crippen molar-refractivity contribution >= 4 is 0 Å². The first-order valence-corrected chi connectivity index (χ1v) is 7.92. The minimum Gasteiger partial charge on any atom is -0.328 e. The summed E-state index contributed by atoms with van der Waals surface area (Å²) >= 11 is 0. The summed E-state index contributed by atoms with van der Waals surface area (Å²) in [6.07, 6.45) is 14.9. The van der Waals surface area contributed by atoms with Crippen molar-refractivity contribution in [1.29, 1.82) is 0 Å². The third-order valence-corrected chi connectivity index (χ3v) is 3.53. The van der Waals surface area contributed by atoms with Crippen molar-refractivity contribution in [2.75, 3.05) is 0 Å². The molecule has 0 aliphatic rings. The highest BCUT2D eigenvalue weighted by Gasteiger charge is 2.03. The van der Waals surface area contributed by atoms with E-state index in [0.717, 1.165) is 5.92 Å². The van der Waals surface area contributed by atoms with E-state index in [1.807, 2.05) is 0 Å². The summed E-state index contributed by atoms with van der Waals surface area (Å²) in [5.74, 6) is 0.834. The van der Waals surface area contributed by atoms with Gasteiger partial charge in [0, 0.05) is 6.04 Å². The second-order valence-corrected chi connectivity index (χ2v) is 5.99. The molecule has 0 aliphatic carbocycles. The van der Waals surface area contributed by atoms with E-state index in [0.29, 0.717) is 6.04 Å². The van der Waals surface area contributed by atoms with Crippen LogP contribution in [-0.2, 0) is 0 Å². The second-order valence-electron chi connectivity index (χ2n) is 5.99. The van der Waals surface area contributed by atoms with Crippen LogP contribution in [0.2, 0.25) is 0 Å². The number of hydrogen-bond donors (Lipinski definition) is 1. The molecule has 2 N–H and O–H groups in total. The molecule has 1 heteroatoms. The molecule has 0 bridgehead atoms. The van der Waals surface area contributed by atoms with E-state index in [-0.39, 0.29) is 0 Å². The fourth-order valence-corrected chi connectivity index (χ4v) is 2.30. The molecule has 1 nitrogen and oxygen atoms in total. The molecule has 0 spiro atoms. The van der Waals surface area contributed by atoms with Gasteiger partial charge in [-0.3, -0.25) is 0 Å². The fraction of sp³-hybridized carbons (Fsp3) is 1.00. The minimum atomic E-state index is 0.462. The van der Waals surface area contributed by atoms with Crippen LogP contribution in [0.5, 0.6) is 0 Å². The Morgan fingerprint density at radius 2 is 1.24 bits per heavy atom. The molecule has 0 heterocycles. The molecule has 0 radical (unpaired) electrons. The Labute approximate surface area is 110 Å². The third kappa shape index (κ3) is 13.9. The highest BCUT2D eigenvalue weighted by atomic mass is 14.6. The third-order valence-electron chi connectivity index (χ3n) is 3.53. The predicted molar refractivity (Wildman–Crippen MR) is 79.3 cm³/mol. The summed E-state index contributed by atoms with van der Waals surface area (Å²) in [5, 5.41) is 0. The van der Waals surface area contributed by atoms with E-state index in [9.17, 15) is 0 Å². The first kappa shape index (κ1) is 17.0. The summed E-state index contributed by atoms with van der Waals surface area (Å²) < 4.78 is 0. The van der Waals surface area contributed by atoms with Crippen LogP contribution in [0.4, 0.5) is 0 Å². The largest absolute Gasteiger partial charge is 0.328 e. The molecule has 0 aliphatic heterocycles. The zero-order valence-electron chi connectivity index (χ0n) is 12.5. The lowest BCUT2D eigenvalue weighted by atomic mass is 9.99. The average molecular weight is 241 g/mol. The molecule has 104 valence electrons. The van der Waals surface area contributed by atoms with Crippen molar-refractivity contribution in [3.63, 3.8) is 0 Å². The monoisotopic (exact) mass is 241 g/mol. The molecule has 1 atom stereocenters. The molecule has 0 aromatic rings. The minimum absolute atomic E-state index is 0.462. The smallest absolute Gasteiger partial charge is 0.00388 e. The van der Waals surface area contributed by atoms with E-state index >= 15 is 0 Å². The van der Waals surface area contributed by atoms with Crippen LogP contribution < -0.4 is 5.73 Å². The molecule has 0 aromatic heterocycles. The normalized spacial score (nSPS) is 13.2. The van der Waals surface area contributed by atoms with E-state index < -0.39 is 0 Å². The molecule has 0 amide bonds. The zero-order chi connectivity index (χ0) is 12.9. The summed E-state index contributed by atoms with van der Waals surface area (Å²) in [5.41, 5.74) is 6.12. The van der Waals surface area contributed by atoms with Crippen molar-refractivity contribution in [3.8, 4) is 0 Å². The van der Waals surface area contributed by atoms with Crippen molar-refractivity contribution in [3.05, 3.63) is 0 Å². The maximum absolute atomic E-state index is 6.12. The zero-order valence-corrected chi connectivity index (χ0v) is 12.5. The van der Waals surface area contributed by atoms with Crippen molar-refractivity contribution < 1.29 is 0 Å². The van der Waals surface area contributed by atoms with Crippen molar-refractivity contribution in [2.24, 2.45) is 11.7 Å². The van der Waals surface area contributed by atoms with Crippen molar-refractivity contribution in [2.45, 2.75) is 97.4 Å². The summed E-state index contributed by atoms with van der Waals surface area (Å²) in [7, 11) is 0. The summed E-state index contributed by atoms with van der Waals surface area (Å²) in [6.45, 7) is 6.86. The molecule has 0 rings (SSSR count). The van der Waals surface area contributed by atoms with Gasteiger partial charge in [0.05, 0.1) is 0 Å². The lowest BCUT2D eigenvalue weighted by Gasteiger charge is -2.12. The molecular formula is C16H35N. The highest BCUT2D eigenvalue weighted by Crippen LogP contribution is 2.13. The molecule has 0 saturated carbocycles. The van der Waals surface area contributed by atoms with Gasteiger partial charge in [-0.15, -0.1) is 0 Å². The van der Waals surface area contributed by atoms with Gasteiger partial charge in [-0.2, -0.15) is 0 Å². The van der Waals surface area contributed by atoms with E-state index in [2.05, 4.69) is 20.8 Å². The standard InChI is InChI=1S/C16H35N/c1-4-5-6-7-8-9-10-13-16(17)14-11-12-15(2)3/h15-16H,4-14,17H2,1-3H3. The van der Waals surface area contributed by atoms with E-state index in [4.69, 9.17) is 5.73 Å². The highest BCUT2D eigenvalue weighted by molar-refractivity contribution is 4.62. The Hall–Kier alpha value is -0.0400. The lowest BCUT2D eigenvalue weighted by molar-refractivity contribution is 0.463. The van der Waals surface area contributed by atoms with Crippen LogP contribution in [0.1, 0.15) is 91.4 Å². The van der Waals surface area contributed by atoms with Gasteiger partial charge in [0.1, 0.15) is 0 Å². The molecule has 0 fully saturated rings. The van der Waals surface area contributed by atoms with Crippen LogP contribution in [0.3, 0.4) is 0 Å². The average Bonchev–Trinajstić information content (AvgIpc) is 2.27. The Bertz CT molecular complexity index is 142. The Balaban J connectivity index is 3.13. The first-order valence-electron chi connectivity index (χ1n) is 7.92. The van der Waals surface area contributed by atoms with Crippen LogP contribution in [-0.4, -0.2) is 6.04 Å². The molecule has 17 heavy (non-hydrogen) atoms. The second kappa shape index (κ2) is 12.4. The maximum atomic E-state index is 6.12. The van der Waals surface area contributed by atoms with Gasteiger partial charge in [-0.05, 0) is 18.8 Å². The van der Waals surface area contributed by atoms with E-state index in [1.165, 1.54) is 70.6 Å². The van der Waals surface area contributed by atoms with Gasteiger partial charge in [0.25, 0.3) is 0 Å². The number of nitrogens with two attached hydrogens (primary N) is 1. The van der Waals surface area contributed by atoms with Crippen LogP contribution in [0, 0.1) is 5.92 Å². The lowest BCUT2D eigenvalue weighted by Crippen LogP contribution is -2.19. The topological polar surface area (TPSA) is 26.0 Å². The Morgan fingerprint density at radius 1 is 0.706 bits per heavy atom. The van der Waals surface area contributed by atoms with Crippen LogP contribution >= 0.6 is 0 Å². The first-order chi connectivity index (χ1) is 8.16. The molecule has 1 unspecified atom stereocenters. The van der Waals surface area contributed by atoms with Gasteiger partial charge in [-0.25, -0.2) is 0 Å². The molecule has 0 aromatic carbocycles. The van der Waals surface area contributed by atoms with Crippen LogP contribution in [0.25, 0.3) is 0 Å². The number of rotatable bonds is 12. The molecule has 0 saturated heterocycles. The predicted octanol–water partition coefficient (Wildman–Crippen LogP) is 5.28. The summed E-state index contributed by atoms with van der Waals surface area (Å²) in [4.78, 5) is 0. The van der Waals surface area contributed by atoms with Gasteiger partial charge in [-0.1, -0.05) is 78.6 Å². The van der Waals surface area contributed by atoms with E-state index in [1.54, 1.807) is 0 Å². The fourth-order valence-electron chi connectivity index (χ4n) is 2.30. The number of unbranched alkanes of at least 4 members (excludes halogenated alkanes) is 6. The Morgan fingerprint density at radius 3 is 1.82 bits per heavy atom. The van der Waals surface area contributed by atoms with Gasteiger partial charge < -0.3 is 5.73 Å².